The first-order valence-electron chi connectivity index (χ1n) is 10.2. The minimum atomic E-state index is -0.464. The number of thiazole rings is 1. The third-order valence-corrected chi connectivity index (χ3v) is 6.56. The van der Waals surface area contributed by atoms with E-state index in [1.54, 1.807) is 22.4 Å². The zero-order valence-corrected chi connectivity index (χ0v) is 19.3. The van der Waals surface area contributed by atoms with E-state index in [2.05, 4.69) is 29.4 Å². The number of benzene rings is 1. The van der Waals surface area contributed by atoms with Crippen LogP contribution in [0.4, 0.5) is 4.79 Å². The van der Waals surface area contributed by atoms with Crippen LogP contribution in [0.1, 0.15) is 50.8 Å². The summed E-state index contributed by atoms with van der Waals surface area (Å²) in [7, 11) is 0. The molecular formula is C23H26ClN3O2S. The number of hydrogen-bond donors (Lipinski definition) is 0. The molecule has 0 bridgehead atoms. The number of aryl methyl sites for hydroxylation is 1. The number of piperidine rings is 1. The highest BCUT2D eigenvalue weighted by Crippen LogP contribution is 2.35. The topological polar surface area (TPSA) is 55.3 Å². The van der Waals surface area contributed by atoms with Crippen molar-refractivity contribution in [2.45, 2.75) is 52.1 Å². The van der Waals surface area contributed by atoms with Gasteiger partial charge in [-0.2, -0.15) is 0 Å². The van der Waals surface area contributed by atoms with E-state index in [-0.39, 0.29) is 6.09 Å². The summed E-state index contributed by atoms with van der Waals surface area (Å²) in [5.74, 6) is 0.362. The van der Waals surface area contributed by atoms with Gasteiger partial charge in [-0.15, -0.1) is 11.3 Å². The third kappa shape index (κ3) is 4.44. The van der Waals surface area contributed by atoms with Crippen molar-refractivity contribution in [2.24, 2.45) is 0 Å². The average molecular weight is 444 g/mol. The maximum absolute atomic E-state index is 12.3. The number of aromatic nitrogens is 2. The summed E-state index contributed by atoms with van der Waals surface area (Å²) in [5, 5.41) is 4.80. The number of fused-ring (bicyclic) bond motifs is 1. The molecule has 0 unspecified atom stereocenters. The normalized spacial score (nSPS) is 15.6. The van der Waals surface area contributed by atoms with E-state index in [1.807, 2.05) is 26.8 Å². The van der Waals surface area contributed by atoms with Crippen LogP contribution in [-0.2, 0) is 4.74 Å². The summed E-state index contributed by atoms with van der Waals surface area (Å²) < 4.78 is 5.49. The lowest BCUT2D eigenvalue weighted by molar-refractivity contribution is 0.0204. The van der Waals surface area contributed by atoms with E-state index in [1.165, 1.54) is 0 Å². The van der Waals surface area contributed by atoms with Gasteiger partial charge < -0.3 is 9.64 Å². The molecular weight excluding hydrogens is 418 g/mol. The largest absolute Gasteiger partial charge is 0.444 e. The molecule has 7 heteroatoms. The van der Waals surface area contributed by atoms with Crippen LogP contribution in [0, 0.1) is 6.92 Å². The maximum atomic E-state index is 12.3. The van der Waals surface area contributed by atoms with Gasteiger partial charge in [0.15, 0.2) is 0 Å². The standard InChI is InChI=1S/C23H26ClN3O2S/c1-14-11-16(12-17-18(24)5-8-25-20(14)17)21-26-19(13-30-21)15-6-9-27(10-7-15)22(28)29-23(2,3)4/h5,8,11-13,15H,6-7,9-10H2,1-4H3. The molecule has 3 aromatic rings. The van der Waals surface area contributed by atoms with Crippen molar-refractivity contribution in [3.63, 3.8) is 0 Å². The molecule has 0 N–H and O–H groups in total. The van der Waals surface area contributed by atoms with Crippen LogP contribution in [0.3, 0.4) is 0 Å². The second-order valence-electron chi connectivity index (χ2n) is 8.80. The van der Waals surface area contributed by atoms with Crippen molar-refractivity contribution in [3.05, 3.63) is 46.1 Å². The number of hydrogen-bond acceptors (Lipinski definition) is 5. The summed E-state index contributed by atoms with van der Waals surface area (Å²) >= 11 is 8.05. The summed E-state index contributed by atoms with van der Waals surface area (Å²) in [6.45, 7) is 9.13. The Kier molecular flexibility index (Phi) is 5.73. The molecule has 0 aliphatic carbocycles. The van der Waals surface area contributed by atoms with E-state index in [0.717, 1.165) is 45.6 Å². The van der Waals surface area contributed by atoms with Crippen molar-refractivity contribution in [1.82, 2.24) is 14.9 Å². The molecule has 1 amide bonds. The number of nitrogens with zero attached hydrogens (tertiary/aromatic N) is 3. The number of amides is 1. The molecule has 1 aromatic carbocycles. The number of carbonyl (C=O) groups excluding carboxylic acids is 1. The number of carbonyl (C=O) groups is 1. The second-order valence-corrected chi connectivity index (χ2v) is 10.1. The van der Waals surface area contributed by atoms with Crippen LogP contribution in [0.5, 0.6) is 0 Å². The number of likely N-dealkylation sites (tertiary alicyclic amines) is 1. The molecule has 5 nitrogen and oxygen atoms in total. The van der Waals surface area contributed by atoms with Crippen LogP contribution < -0.4 is 0 Å². The SMILES string of the molecule is Cc1cc(-c2nc(C3CCN(C(=O)OC(C)(C)C)CC3)cs2)cc2c(Cl)ccnc12. The molecule has 1 saturated heterocycles. The van der Waals surface area contributed by atoms with Crippen molar-refractivity contribution >= 4 is 39.9 Å². The molecule has 30 heavy (non-hydrogen) atoms. The van der Waals surface area contributed by atoms with Gasteiger partial charge in [-0.25, -0.2) is 9.78 Å². The predicted octanol–water partition coefficient (Wildman–Crippen LogP) is 6.43. The van der Waals surface area contributed by atoms with E-state index in [0.29, 0.717) is 24.0 Å². The Bertz CT molecular complexity index is 1080. The number of halogens is 1. The van der Waals surface area contributed by atoms with Gasteiger partial charge in [0.1, 0.15) is 10.6 Å². The zero-order chi connectivity index (χ0) is 21.5. The van der Waals surface area contributed by atoms with Crippen molar-refractivity contribution in [3.8, 4) is 10.6 Å². The third-order valence-electron chi connectivity index (χ3n) is 5.32. The fourth-order valence-corrected chi connectivity index (χ4v) is 4.90. The van der Waals surface area contributed by atoms with Crippen LogP contribution in [0.25, 0.3) is 21.5 Å². The molecule has 0 atom stereocenters. The van der Waals surface area contributed by atoms with E-state index >= 15 is 0 Å². The van der Waals surface area contributed by atoms with Gasteiger partial charge in [0, 0.05) is 41.5 Å². The Morgan fingerprint density at radius 3 is 2.70 bits per heavy atom. The fraction of sp³-hybridized carbons (Fsp3) is 0.435. The first-order chi connectivity index (χ1) is 14.2. The van der Waals surface area contributed by atoms with Crippen LogP contribution in [-0.4, -0.2) is 39.7 Å². The Hall–Kier alpha value is -2.18. The molecule has 0 saturated carbocycles. The molecule has 3 heterocycles. The van der Waals surface area contributed by atoms with Gasteiger partial charge >= 0.3 is 6.09 Å². The summed E-state index contributed by atoms with van der Waals surface area (Å²) in [4.78, 5) is 23.5. The van der Waals surface area contributed by atoms with Crippen LogP contribution in [0.2, 0.25) is 5.02 Å². The highest BCUT2D eigenvalue weighted by molar-refractivity contribution is 7.13. The Labute approximate surface area is 186 Å². The molecule has 0 radical (unpaired) electrons. The quantitative estimate of drug-likeness (QED) is 0.457. The molecule has 2 aromatic heterocycles. The highest BCUT2D eigenvalue weighted by Gasteiger charge is 2.28. The molecule has 0 spiro atoms. The number of rotatable bonds is 2. The Balaban J connectivity index is 1.49. The molecule has 158 valence electrons. The van der Waals surface area contributed by atoms with E-state index < -0.39 is 5.60 Å². The van der Waals surface area contributed by atoms with E-state index in [9.17, 15) is 4.79 Å². The Morgan fingerprint density at radius 1 is 1.27 bits per heavy atom. The Morgan fingerprint density at radius 2 is 2.00 bits per heavy atom. The van der Waals surface area contributed by atoms with Gasteiger partial charge in [0.05, 0.1) is 16.2 Å². The monoisotopic (exact) mass is 443 g/mol. The smallest absolute Gasteiger partial charge is 0.410 e. The molecule has 1 fully saturated rings. The van der Waals surface area contributed by atoms with Gasteiger partial charge in [0.25, 0.3) is 0 Å². The number of ether oxygens (including phenoxy) is 1. The van der Waals surface area contributed by atoms with Gasteiger partial charge in [-0.3, -0.25) is 4.98 Å². The van der Waals surface area contributed by atoms with Gasteiger partial charge in [0.2, 0.25) is 0 Å². The molecule has 1 aliphatic heterocycles. The lowest BCUT2D eigenvalue weighted by Crippen LogP contribution is -2.41. The minimum absolute atomic E-state index is 0.225. The summed E-state index contributed by atoms with van der Waals surface area (Å²) in [6.07, 6.45) is 3.31. The van der Waals surface area contributed by atoms with Crippen molar-refractivity contribution < 1.29 is 9.53 Å². The lowest BCUT2D eigenvalue weighted by atomic mass is 9.94. The van der Waals surface area contributed by atoms with Gasteiger partial charge in [-0.1, -0.05) is 11.6 Å². The van der Waals surface area contributed by atoms with Crippen LogP contribution in [0.15, 0.2) is 29.8 Å². The number of pyridine rings is 1. The first-order valence-corrected chi connectivity index (χ1v) is 11.5. The van der Waals surface area contributed by atoms with Crippen LogP contribution >= 0.6 is 22.9 Å². The fourth-order valence-electron chi connectivity index (χ4n) is 3.81. The van der Waals surface area contributed by atoms with Crippen molar-refractivity contribution in [2.75, 3.05) is 13.1 Å². The zero-order valence-electron chi connectivity index (χ0n) is 17.7. The molecule has 4 rings (SSSR count). The minimum Gasteiger partial charge on any atom is -0.444 e. The summed E-state index contributed by atoms with van der Waals surface area (Å²) in [6, 6.07) is 6.02. The van der Waals surface area contributed by atoms with Crippen molar-refractivity contribution in [1.29, 1.82) is 0 Å². The van der Waals surface area contributed by atoms with E-state index in [4.69, 9.17) is 21.3 Å². The highest BCUT2D eigenvalue weighted by atomic mass is 35.5. The maximum Gasteiger partial charge on any atom is 0.410 e. The first kappa shape index (κ1) is 21.1. The summed E-state index contributed by atoms with van der Waals surface area (Å²) in [5.41, 5.74) is 3.73. The molecule has 1 aliphatic rings. The predicted molar refractivity (Wildman–Crippen MR) is 122 cm³/mol. The lowest BCUT2D eigenvalue weighted by Gasteiger charge is -2.32. The second kappa shape index (κ2) is 8.16. The van der Waals surface area contributed by atoms with Gasteiger partial charge in [-0.05, 0) is 64.3 Å². The average Bonchev–Trinajstić information content (AvgIpc) is 3.18.